The van der Waals surface area contributed by atoms with Gasteiger partial charge in [0.25, 0.3) is 0 Å². The van der Waals surface area contributed by atoms with Crippen LogP contribution in [0.15, 0.2) is 5.29 Å². The van der Waals surface area contributed by atoms with Crippen LogP contribution in [-0.4, -0.2) is 18.8 Å². The third-order valence-electron chi connectivity index (χ3n) is 0.431. The second-order valence-corrected chi connectivity index (χ2v) is 0.964. The lowest BCUT2D eigenvalue weighted by molar-refractivity contribution is -0.135. The zero-order valence-electron chi connectivity index (χ0n) is 4.42. The second-order valence-electron chi connectivity index (χ2n) is 0.964. The summed E-state index contributed by atoms with van der Waals surface area (Å²) in [7, 11) is 1.44. The van der Waals surface area contributed by atoms with Crippen molar-refractivity contribution in [3.63, 3.8) is 0 Å². The van der Waals surface area contributed by atoms with Crippen LogP contribution >= 0.6 is 0 Å². The molecule has 0 heterocycles. The highest BCUT2D eigenvalue weighted by Gasteiger charge is 1.85. The van der Waals surface area contributed by atoms with Crippen LogP contribution in [0.1, 0.15) is 6.92 Å². The minimum absolute atomic E-state index is 0.474. The summed E-state index contributed by atoms with van der Waals surface area (Å²) in [5, 5.41) is 3.31. The molecule has 0 bridgehead atoms. The van der Waals surface area contributed by atoms with Crippen molar-refractivity contribution in [2.45, 2.75) is 6.92 Å². The lowest BCUT2D eigenvalue weighted by Crippen LogP contribution is -2.09. The van der Waals surface area contributed by atoms with E-state index in [1.54, 1.807) is 6.92 Å². The van der Waals surface area contributed by atoms with Crippen molar-refractivity contribution in [3.8, 4) is 0 Å². The number of nitrogens with zero attached hydrogens (tertiary/aromatic N) is 2. The van der Waals surface area contributed by atoms with Crippen molar-refractivity contribution < 1.29 is 4.84 Å². The van der Waals surface area contributed by atoms with Gasteiger partial charge >= 0.3 is 0 Å². The Kier molecular flexibility index (Phi) is 3.22. The molecule has 0 saturated carbocycles. The van der Waals surface area contributed by atoms with E-state index < -0.39 is 0 Å². The molecular weight excluding hydrogens is 96.0 g/mol. The average molecular weight is 104 g/mol. The van der Waals surface area contributed by atoms with Crippen LogP contribution in [0.25, 0.3) is 0 Å². The summed E-state index contributed by atoms with van der Waals surface area (Å²) in [6, 6.07) is 0. The van der Waals surface area contributed by atoms with Gasteiger partial charge in [-0.25, -0.2) is 0 Å². The Hall–Kier alpha value is -0.640. The van der Waals surface area contributed by atoms with Crippen LogP contribution in [0, 0.1) is 4.91 Å². The Balaban J connectivity index is 2.98. The van der Waals surface area contributed by atoms with Crippen molar-refractivity contribution >= 4 is 0 Å². The zero-order chi connectivity index (χ0) is 5.70. The van der Waals surface area contributed by atoms with Gasteiger partial charge in [0, 0.05) is 0 Å². The third-order valence-corrected chi connectivity index (χ3v) is 0.431. The Bertz CT molecular complexity index is 56.9. The van der Waals surface area contributed by atoms with Gasteiger partial charge in [0.05, 0.1) is 18.9 Å². The summed E-state index contributed by atoms with van der Waals surface area (Å²) in [4.78, 5) is 14.0. The molecule has 0 radical (unpaired) electrons. The van der Waals surface area contributed by atoms with Crippen LogP contribution < -0.4 is 0 Å². The predicted octanol–water partition coefficient (Wildman–Crippen LogP) is 0.551. The molecule has 0 spiro atoms. The molecule has 0 aliphatic heterocycles. The minimum Gasteiger partial charge on any atom is -0.255 e. The maximum absolute atomic E-state index is 9.45. The highest BCUT2D eigenvalue weighted by Crippen LogP contribution is 1.80. The molecule has 0 aromatic rings. The highest BCUT2D eigenvalue weighted by atomic mass is 16.7. The fourth-order valence-electron chi connectivity index (χ4n) is 0.210. The highest BCUT2D eigenvalue weighted by molar-refractivity contribution is 4.13. The van der Waals surface area contributed by atoms with E-state index in [-0.39, 0.29) is 0 Å². The molecule has 0 N–H and O–H groups in total. The van der Waals surface area contributed by atoms with E-state index >= 15 is 0 Å². The first-order valence-electron chi connectivity index (χ1n) is 2.01. The first-order chi connectivity index (χ1) is 3.31. The molecule has 0 unspecified atom stereocenters. The Morgan fingerprint density at radius 3 is 2.57 bits per heavy atom. The number of hydrogen-bond acceptors (Lipinski definition) is 3. The summed E-state index contributed by atoms with van der Waals surface area (Å²) in [5.74, 6) is 0. The quantitative estimate of drug-likeness (QED) is 0.388. The van der Waals surface area contributed by atoms with E-state index in [0.717, 1.165) is 5.17 Å². The monoisotopic (exact) mass is 104 g/mol. The third kappa shape index (κ3) is 3.18. The topological polar surface area (TPSA) is 41.9 Å². The summed E-state index contributed by atoms with van der Waals surface area (Å²) < 4.78 is 0. The average Bonchev–Trinajstić information content (AvgIpc) is 1.68. The molecule has 0 saturated heterocycles. The van der Waals surface area contributed by atoms with Gasteiger partial charge in [-0.2, -0.15) is 0 Å². The lowest BCUT2D eigenvalue weighted by atomic mass is 10.9. The van der Waals surface area contributed by atoms with Crippen LogP contribution in [-0.2, 0) is 4.84 Å². The van der Waals surface area contributed by atoms with E-state index in [0.29, 0.717) is 6.61 Å². The van der Waals surface area contributed by atoms with Crippen molar-refractivity contribution in [2.24, 2.45) is 5.29 Å². The molecule has 0 fully saturated rings. The molecule has 4 heteroatoms. The summed E-state index contributed by atoms with van der Waals surface area (Å²) in [5.41, 5.74) is 0. The maximum Gasteiger partial charge on any atom is 0.0786 e. The van der Waals surface area contributed by atoms with Crippen LogP contribution in [0.2, 0.25) is 0 Å². The van der Waals surface area contributed by atoms with Gasteiger partial charge in [-0.15, -0.1) is 10.1 Å². The zero-order valence-corrected chi connectivity index (χ0v) is 4.42. The van der Waals surface area contributed by atoms with Crippen molar-refractivity contribution in [2.75, 3.05) is 13.7 Å². The maximum atomic E-state index is 9.45. The van der Waals surface area contributed by atoms with Crippen molar-refractivity contribution in [3.05, 3.63) is 4.91 Å². The summed E-state index contributed by atoms with van der Waals surface area (Å²) in [6.07, 6.45) is 0. The molecule has 0 rings (SSSR count). The molecule has 42 valence electrons. The number of hydroxylamine groups is 1. The molecule has 4 nitrogen and oxygen atoms in total. The number of nitroso groups, excluding NO2 is 1. The largest absolute Gasteiger partial charge is 0.255 e. The normalized spacial score (nSPS) is 8.29. The summed E-state index contributed by atoms with van der Waals surface area (Å²) >= 11 is 0. The molecule has 0 amide bonds. The molecule has 0 atom stereocenters. The van der Waals surface area contributed by atoms with Gasteiger partial charge in [-0.1, -0.05) is 0 Å². The Morgan fingerprint density at radius 2 is 2.43 bits per heavy atom. The number of rotatable bonds is 3. The Labute approximate surface area is 42.0 Å². The smallest absolute Gasteiger partial charge is 0.0786 e. The first-order valence-corrected chi connectivity index (χ1v) is 2.01. The molecule has 7 heavy (non-hydrogen) atoms. The second kappa shape index (κ2) is 3.55. The molecular formula is C3H8N2O2. The lowest BCUT2D eigenvalue weighted by Gasteiger charge is -2.03. The molecule has 0 aromatic heterocycles. The number of hydrogen-bond donors (Lipinski definition) is 0. The van der Waals surface area contributed by atoms with E-state index in [1.807, 2.05) is 0 Å². The first kappa shape index (κ1) is 6.36. The van der Waals surface area contributed by atoms with Gasteiger partial charge in [0.15, 0.2) is 0 Å². The van der Waals surface area contributed by atoms with Crippen LogP contribution in [0.4, 0.5) is 0 Å². The molecule has 0 aliphatic carbocycles. The van der Waals surface area contributed by atoms with Crippen LogP contribution in [0.3, 0.4) is 0 Å². The fraction of sp³-hybridized carbons (Fsp3) is 1.00. The van der Waals surface area contributed by atoms with E-state index in [1.165, 1.54) is 7.05 Å². The van der Waals surface area contributed by atoms with Gasteiger partial charge < -0.3 is 0 Å². The fourth-order valence-corrected chi connectivity index (χ4v) is 0.210. The minimum atomic E-state index is 0.474. The van der Waals surface area contributed by atoms with Gasteiger partial charge in [0.1, 0.15) is 0 Å². The predicted molar refractivity (Wildman–Crippen MR) is 25.2 cm³/mol. The van der Waals surface area contributed by atoms with E-state index in [4.69, 9.17) is 0 Å². The van der Waals surface area contributed by atoms with Crippen molar-refractivity contribution in [1.82, 2.24) is 5.17 Å². The van der Waals surface area contributed by atoms with E-state index in [9.17, 15) is 4.91 Å². The van der Waals surface area contributed by atoms with Crippen molar-refractivity contribution in [1.29, 1.82) is 0 Å². The Morgan fingerprint density at radius 1 is 1.86 bits per heavy atom. The standard InChI is InChI=1S/C3H8N2O2/c1-3-7-5(2)4-6/h3H2,1-2H3. The van der Waals surface area contributed by atoms with Gasteiger partial charge in [0.2, 0.25) is 0 Å². The van der Waals surface area contributed by atoms with E-state index in [2.05, 4.69) is 10.1 Å². The molecule has 0 aromatic carbocycles. The molecule has 0 aliphatic rings. The summed E-state index contributed by atoms with van der Waals surface area (Å²) in [6.45, 7) is 2.25. The SMILES string of the molecule is CCON(C)N=O. The van der Waals surface area contributed by atoms with Gasteiger partial charge in [-0.3, -0.25) is 4.84 Å². The van der Waals surface area contributed by atoms with Gasteiger partial charge in [-0.05, 0) is 6.92 Å². The van der Waals surface area contributed by atoms with Crippen LogP contribution in [0.5, 0.6) is 0 Å².